The molecule has 2 aromatic carbocycles. The van der Waals surface area contributed by atoms with Crippen molar-refractivity contribution in [3.63, 3.8) is 0 Å². The molecule has 160 valence electrons. The second kappa shape index (κ2) is 10.1. The summed E-state index contributed by atoms with van der Waals surface area (Å²) in [6, 6.07) is 13.1. The smallest absolute Gasteiger partial charge is 0.253 e. The highest BCUT2D eigenvalue weighted by molar-refractivity contribution is 5.96. The molecule has 0 atom stereocenters. The lowest BCUT2D eigenvalue weighted by atomic mass is 9.90. The minimum absolute atomic E-state index is 0.0261. The zero-order valence-corrected chi connectivity index (χ0v) is 17.9. The maximum atomic E-state index is 12.9. The van der Waals surface area contributed by atoms with Crippen molar-refractivity contribution in [2.24, 2.45) is 5.92 Å². The van der Waals surface area contributed by atoms with Crippen molar-refractivity contribution in [3.05, 3.63) is 53.6 Å². The van der Waals surface area contributed by atoms with Gasteiger partial charge in [-0.05, 0) is 67.5 Å². The second-order valence-corrected chi connectivity index (χ2v) is 7.76. The highest BCUT2D eigenvalue weighted by Gasteiger charge is 2.23. The molecule has 0 radical (unpaired) electrons. The van der Waals surface area contributed by atoms with E-state index in [1.54, 1.807) is 38.5 Å². The van der Waals surface area contributed by atoms with E-state index in [0.29, 0.717) is 17.2 Å². The zero-order valence-electron chi connectivity index (χ0n) is 17.9. The van der Waals surface area contributed by atoms with Crippen LogP contribution in [-0.2, 0) is 11.2 Å². The molecule has 0 spiro atoms. The number of anilines is 1. The fourth-order valence-corrected chi connectivity index (χ4v) is 3.92. The van der Waals surface area contributed by atoms with Gasteiger partial charge in [0.15, 0.2) is 0 Å². The summed E-state index contributed by atoms with van der Waals surface area (Å²) in [5.41, 5.74) is 2.47. The van der Waals surface area contributed by atoms with E-state index in [2.05, 4.69) is 17.4 Å². The third-order valence-electron chi connectivity index (χ3n) is 5.58. The number of hydrogen-bond donors (Lipinski definition) is 1. The van der Waals surface area contributed by atoms with Gasteiger partial charge < -0.3 is 19.7 Å². The average Bonchev–Trinajstić information content (AvgIpc) is 2.77. The highest BCUT2D eigenvalue weighted by atomic mass is 16.5. The van der Waals surface area contributed by atoms with Crippen LogP contribution in [0.25, 0.3) is 0 Å². The number of piperidine rings is 1. The van der Waals surface area contributed by atoms with Gasteiger partial charge in [-0.1, -0.05) is 6.07 Å². The molecule has 1 aliphatic heterocycles. The molecule has 0 aliphatic carbocycles. The van der Waals surface area contributed by atoms with E-state index in [9.17, 15) is 9.59 Å². The van der Waals surface area contributed by atoms with Crippen LogP contribution in [-0.4, -0.2) is 44.0 Å². The number of methoxy groups -OCH3 is 2. The average molecular weight is 411 g/mol. The van der Waals surface area contributed by atoms with Crippen LogP contribution < -0.4 is 14.8 Å². The molecule has 1 saturated heterocycles. The first-order chi connectivity index (χ1) is 14.5. The Morgan fingerprint density at radius 3 is 2.30 bits per heavy atom. The first kappa shape index (κ1) is 21.7. The van der Waals surface area contributed by atoms with Gasteiger partial charge in [-0.15, -0.1) is 0 Å². The molecule has 1 fully saturated rings. The Labute approximate surface area is 178 Å². The molecule has 0 aromatic heterocycles. The zero-order chi connectivity index (χ0) is 21.5. The molecule has 0 unspecified atom stereocenters. The summed E-state index contributed by atoms with van der Waals surface area (Å²) < 4.78 is 10.7. The SMILES string of the molecule is COc1cc(CCC2CCN(C(=O)c3cccc(NC(C)=O)c3)CC2)cc(OC)c1. The Morgan fingerprint density at radius 2 is 1.70 bits per heavy atom. The molecule has 1 N–H and O–H groups in total. The Hall–Kier alpha value is -3.02. The number of hydrogen-bond acceptors (Lipinski definition) is 4. The number of rotatable bonds is 7. The summed E-state index contributed by atoms with van der Waals surface area (Å²) >= 11 is 0. The lowest BCUT2D eigenvalue weighted by molar-refractivity contribution is -0.114. The van der Waals surface area contributed by atoms with Crippen LogP contribution in [0.5, 0.6) is 11.5 Å². The lowest BCUT2D eigenvalue weighted by Gasteiger charge is -2.32. The van der Waals surface area contributed by atoms with Crippen molar-refractivity contribution in [1.29, 1.82) is 0 Å². The Bertz CT molecular complexity index is 866. The Morgan fingerprint density at radius 1 is 1.03 bits per heavy atom. The van der Waals surface area contributed by atoms with Gasteiger partial charge in [0.25, 0.3) is 5.91 Å². The molecule has 2 amide bonds. The van der Waals surface area contributed by atoms with Crippen LogP contribution in [0.15, 0.2) is 42.5 Å². The molecular weight excluding hydrogens is 380 g/mol. The van der Waals surface area contributed by atoms with E-state index in [0.717, 1.165) is 50.3 Å². The van der Waals surface area contributed by atoms with Crippen LogP contribution in [0.2, 0.25) is 0 Å². The summed E-state index contributed by atoms with van der Waals surface area (Å²) in [7, 11) is 3.33. The quantitative estimate of drug-likeness (QED) is 0.745. The van der Waals surface area contributed by atoms with Gasteiger partial charge in [0, 0.05) is 37.3 Å². The van der Waals surface area contributed by atoms with Crippen LogP contribution in [0.3, 0.4) is 0 Å². The van der Waals surface area contributed by atoms with Gasteiger partial charge in [0.2, 0.25) is 5.91 Å². The molecule has 0 saturated carbocycles. The lowest BCUT2D eigenvalue weighted by Crippen LogP contribution is -2.38. The number of carbonyl (C=O) groups is 2. The van der Waals surface area contributed by atoms with Crippen LogP contribution in [0.1, 0.15) is 42.1 Å². The van der Waals surface area contributed by atoms with Gasteiger partial charge in [-0.3, -0.25) is 9.59 Å². The molecule has 2 aromatic rings. The number of aryl methyl sites for hydroxylation is 1. The first-order valence-corrected chi connectivity index (χ1v) is 10.4. The van der Waals surface area contributed by atoms with Crippen LogP contribution >= 0.6 is 0 Å². The van der Waals surface area contributed by atoms with E-state index in [1.807, 2.05) is 11.0 Å². The Balaban J connectivity index is 1.52. The standard InChI is InChI=1S/C24H30N2O4/c1-17(27)25-21-6-4-5-20(15-21)24(28)26-11-9-18(10-12-26)7-8-19-13-22(29-2)16-23(14-19)30-3/h4-6,13-16,18H,7-12H2,1-3H3,(H,25,27). The first-order valence-electron chi connectivity index (χ1n) is 10.4. The number of nitrogens with zero attached hydrogens (tertiary/aromatic N) is 1. The van der Waals surface area contributed by atoms with Crippen LogP contribution in [0.4, 0.5) is 5.69 Å². The summed E-state index contributed by atoms with van der Waals surface area (Å²) in [5.74, 6) is 2.10. The van der Waals surface area contributed by atoms with Crippen molar-refractivity contribution in [1.82, 2.24) is 4.90 Å². The van der Waals surface area contributed by atoms with Crippen molar-refractivity contribution in [2.45, 2.75) is 32.6 Å². The van der Waals surface area contributed by atoms with Crippen molar-refractivity contribution < 1.29 is 19.1 Å². The van der Waals surface area contributed by atoms with E-state index in [-0.39, 0.29) is 11.8 Å². The minimum Gasteiger partial charge on any atom is -0.497 e. The van der Waals surface area contributed by atoms with Crippen LogP contribution in [0, 0.1) is 5.92 Å². The Kier molecular flexibility index (Phi) is 7.33. The van der Waals surface area contributed by atoms with Crippen molar-refractivity contribution in [2.75, 3.05) is 32.6 Å². The third-order valence-corrected chi connectivity index (χ3v) is 5.58. The summed E-state index contributed by atoms with van der Waals surface area (Å²) in [5, 5.41) is 2.73. The van der Waals surface area contributed by atoms with Crippen molar-refractivity contribution in [3.8, 4) is 11.5 Å². The van der Waals surface area contributed by atoms with Gasteiger partial charge >= 0.3 is 0 Å². The predicted octanol–water partition coefficient (Wildman–Crippen LogP) is 4.15. The number of carbonyl (C=O) groups excluding carboxylic acids is 2. The van der Waals surface area contributed by atoms with E-state index < -0.39 is 0 Å². The van der Waals surface area contributed by atoms with Gasteiger partial charge in [0.1, 0.15) is 11.5 Å². The van der Waals surface area contributed by atoms with Crippen molar-refractivity contribution >= 4 is 17.5 Å². The largest absolute Gasteiger partial charge is 0.497 e. The predicted molar refractivity (Wildman–Crippen MR) is 117 cm³/mol. The van der Waals surface area contributed by atoms with Gasteiger partial charge in [-0.2, -0.15) is 0 Å². The highest BCUT2D eigenvalue weighted by Crippen LogP contribution is 2.27. The third kappa shape index (κ3) is 5.75. The minimum atomic E-state index is -0.144. The number of ether oxygens (including phenoxy) is 2. The summed E-state index contributed by atoms with van der Waals surface area (Å²) in [6.07, 6.45) is 4.04. The number of nitrogens with one attached hydrogen (secondary N) is 1. The topological polar surface area (TPSA) is 67.9 Å². The molecule has 1 aliphatic rings. The molecular formula is C24H30N2O4. The molecule has 30 heavy (non-hydrogen) atoms. The molecule has 6 nitrogen and oxygen atoms in total. The number of likely N-dealkylation sites (tertiary alicyclic amines) is 1. The number of benzene rings is 2. The molecule has 6 heteroatoms. The monoisotopic (exact) mass is 410 g/mol. The summed E-state index contributed by atoms with van der Waals surface area (Å²) in [6.45, 7) is 2.98. The molecule has 1 heterocycles. The van der Waals surface area contributed by atoms with E-state index in [4.69, 9.17) is 9.47 Å². The fourth-order valence-electron chi connectivity index (χ4n) is 3.92. The maximum Gasteiger partial charge on any atom is 0.253 e. The van der Waals surface area contributed by atoms with E-state index in [1.165, 1.54) is 12.5 Å². The molecule has 0 bridgehead atoms. The maximum absolute atomic E-state index is 12.9. The summed E-state index contributed by atoms with van der Waals surface area (Å²) in [4.78, 5) is 26.0. The number of amides is 2. The van der Waals surface area contributed by atoms with Gasteiger partial charge in [-0.25, -0.2) is 0 Å². The fraction of sp³-hybridized carbons (Fsp3) is 0.417. The second-order valence-electron chi connectivity index (χ2n) is 7.76. The van der Waals surface area contributed by atoms with E-state index >= 15 is 0 Å². The van der Waals surface area contributed by atoms with Gasteiger partial charge in [0.05, 0.1) is 14.2 Å². The molecule has 3 rings (SSSR count). The normalized spacial score (nSPS) is 14.3.